The van der Waals surface area contributed by atoms with Gasteiger partial charge >= 0.3 is 0 Å². The van der Waals surface area contributed by atoms with Gasteiger partial charge in [0, 0.05) is 5.69 Å². The summed E-state index contributed by atoms with van der Waals surface area (Å²) in [5.41, 5.74) is 1.73. The Labute approximate surface area is 90.8 Å². The molecule has 0 saturated carbocycles. The summed E-state index contributed by atoms with van der Waals surface area (Å²) in [5.74, 6) is 0. The van der Waals surface area contributed by atoms with Crippen molar-refractivity contribution in [2.75, 3.05) is 24.6 Å². The highest BCUT2D eigenvalue weighted by atomic mass is 32.2. The van der Waals surface area contributed by atoms with Crippen LogP contribution in [0.4, 0.5) is 5.69 Å². The first-order valence-corrected chi connectivity index (χ1v) is 6.62. The molecular formula is C10H16N2O2S. The molecule has 0 heterocycles. The van der Waals surface area contributed by atoms with Gasteiger partial charge in [-0.1, -0.05) is 12.1 Å². The Morgan fingerprint density at radius 3 is 2.67 bits per heavy atom. The fourth-order valence-corrected chi connectivity index (χ4v) is 1.83. The summed E-state index contributed by atoms with van der Waals surface area (Å²) >= 11 is 0. The fraction of sp³-hybridized carbons (Fsp3) is 0.400. The predicted molar refractivity (Wildman–Crippen MR) is 62.5 cm³/mol. The lowest BCUT2D eigenvalue weighted by Crippen LogP contribution is -2.12. The largest absolute Gasteiger partial charge is 0.319 e. The molecule has 0 atom stereocenters. The molecule has 1 rings (SSSR count). The number of anilines is 1. The minimum absolute atomic E-state index is 0.617. The number of sulfonamides is 1. The molecule has 0 spiro atoms. The number of benzene rings is 1. The summed E-state index contributed by atoms with van der Waals surface area (Å²) < 4.78 is 24.5. The maximum Gasteiger partial charge on any atom is 0.229 e. The van der Waals surface area contributed by atoms with Gasteiger partial charge in [-0.05, 0) is 37.7 Å². The highest BCUT2D eigenvalue weighted by Crippen LogP contribution is 2.11. The Morgan fingerprint density at radius 1 is 1.33 bits per heavy atom. The van der Waals surface area contributed by atoms with Crippen molar-refractivity contribution in [3.8, 4) is 0 Å². The number of hydrogen-bond acceptors (Lipinski definition) is 3. The molecule has 0 fully saturated rings. The van der Waals surface area contributed by atoms with E-state index in [1.165, 1.54) is 0 Å². The maximum absolute atomic E-state index is 11.0. The van der Waals surface area contributed by atoms with Crippen LogP contribution in [-0.4, -0.2) is 28.3 Å². The average Bonchev–Trinajstić information content (AvgIpc) is 2.12. The van der Waals surface area contributed by atoms with Crippen LogP contribution >= 0.6 is 0 Å². The van der Waals surface area contributed by atoms with Gasteiger partial charge in [0.05, 0.1) is 6.26 Å². The molecule has 0 radical (unpaired) electrons. The first-order chi connectivity index (χ1) is 7.01. The van der Waals surface area contributed by atoms with Gasteiger partial charge in [0.15, 0.2) is 0 Å². The number of hydrogen-bond donors (Lipinski definition) is 2. The van der Waals surface area contributed by atoms with Crippen molar-refractivity contribution in [2.45, 2.75) is 6.42 Å². The smallest absolute Gasteiger partial charge is 0.229 e. The van der Waals surface area contributed by atoms with Crippen LogP contribution in [0.2, 0.25) is 0 Å². The molecule has 0 aliphatic carbocycles. The van der Waals surface area contributed by atoms with Crippen LogP contribution in [-0.2, 0) is 16.4 Å². The van der Waals surface area contributed by atoms with Crippen molar-refractivity contribution in [1.29, 1.82) is 0 Å². The zero-order valence-electron chi connectivity index (χ0n) is 8.95. The Morgan fingerprint density at radius 2 is 2.07 bits per heavy atom. The molecule has 0 aromatic heterocycles. The molecule has 15 heavy (non-hydrogen) atoms. The molecule has 0 saturated heterocycles. The van der Waals surface area contributed by atoms with Crippen LogP contribution in [0.5, 0.6) is 0 Å². The van der Waals surface area contributed by atoms with Crippen LogP contribution in [0, 0.1) is 0 Å². The number of nitrogens with one attached hydrogen (secondary N) is 2. The van der Waals surface area contributed by atoms with E-state index in [0.717, 1.165) is 24.8 Å². The summed E-state index contributed by atoms with van der Waals surface area (Å²) in [7, 11) is -1.29. The second kappa shape index (κ2) is 5.14. The Hall–Kier alpha value is -1.07. The van der Waals surface area contributed by atoms with Gasteiger partial charge in [0.25, 0.3) is 0 Å². The van der Waals surface area contributed by atoms with Crippen molar-refractivity contribution in [3.05, 3.63) is 29.8 Å². The summed E-state index contributed by atoms with van der Waals surface area (Å²) in [4.78, 5) is 0. The van der Waals surface area contributed by atoms with Gasteiger partial charge < -0.3 is 5.32 Å². The standard InChI is InChI=1S/C10H16N2O2S/c1-11-7-6-9-4-3-5-10(8-9)12-15(2,13)14/h3-5,8,11-12H,6-7H2,1-2H3. The van der Waals surface area contributed by atoms with Crippen molar-refractivity contribution >= 4 is 15.7 Å². The van der Waals surface area contributed by atoms with Crippen LogP contribution < -0.4 is 10.0 Å². The summed E-state index contributed by atoms with van der Waals surface area (Å²) in [6.07, 6.45) is 2.03. The Bertz CT molecular complexity index is 415. The summed E-state index contributed by atoms with van der Waals surface area (Å²) in [6.45, 7) is 0.877. The number of likely N-dealkylation sites (N-methyl/N-ethyl adjacent to an activating group) is 1. The fourth-order valence-electron chi connectivity index (χ4n) is 1.27. The van der Waals surface area contributed by atoms with Crippen molar-refractivity contribution < 1.29 is 8.42 Å². The van der Waals surface area contributed by atoms with E-state index in [9.17, 15) is 8.42 Å². The third-order valence-corrected chi connectivity index (χ3v) is 2.50. The van der Waals surface area contributed by atoms with E-state index < -0.39 is 10.0 Å². The molecule has 4 nitrogen and oxygen atoms in total. The zero-order chi connectivity index (χ0) is 11.3. The third kappa shape index (κ3) is 4.80. The predicted octanol–water partition coefficient (Wildman–Crippen LogP) is 0.820. The normalized spacial score (nSPS) is 11.3. The van der Waals surface area contributed by atoms with E-state index >= 15 is 0 Å². The average molecular weight is 228 g/mol. The second-order valence-corrected chi connectivity index (χ2v) is 5.18. The van der Waals surface area contributed by atoms with Gasteiger partial charge in [-0.25, -0.2) is 8.42 Å². The van der Waals surface area contributed by atoms with Crippen molar-refractivity contribution in [1.82, 2.24) is 5.32 Å². The van der Waals surface area contributed by atoms with Gasteiger partial charge in [-0.3, -0.25) is 4.72 Å². The Balaban J connectivity index is 2.74. The van der Waals surface area contributed by atoms with Crippen LogP contribution in [0.3, 0.4) is 0 Å². The van der Waals surface area contributed by atoms with Gasteiger partial charge in [-0.15, -0.1) is 0 Å². The highest BCUT2D eigenvalue weighted by molar-refractivity contribution is 7.92. The van der Waals surface area contributed by atoms with E-state index in [-0.39, 0.29) is 0 Å². The van der Waals surface area contributed by atoms with Gasteiger partial charge in [0.2, 0.25) is 10.0 Å². The zero-order valence-corrected chi connectivity index (χ0v) is 9.76. The Kier molecular flexibility index (Phi) is 4.11. The number of rotatable bonds is 5. The minimum atomic E-state index is -3.18. The van der Waals surface area contributed by atoms with E-state index in [2.05, 4.69) is 10.0 Å². The molecule has 0 aliphatic rings. The van der Waals surface area contributed by atoms with Crippen molar-refractivity contribution in [3.63, 3.8) is 0 Å². The highest BCUT2D eigenvalue weighted by Gasteiger charge is 2.01. The molecule has 0 bridgehead atoms. The van der Waals surface area contributed by atoms with Crippen molar-refractivity contribution in [2.24, 2.45) is 0 Å². The van der Waals surface area contributed by atoms with E-state index in [1.54, 1.807) is 6.07 Å². The first-order valence-electron chi connectivity index (χ1n) is 4.72. The molecule has 5 heteroatoms. The molecule has 0 amide bonds. The molecule has 2 N–H and O–H groups in total. The monoisotopic (exact) mass is 228 g/mol. The lowest BCUT2D eigenvalue weighted by molar-refractivity contribution is 0.607. The molecular weight excluding hydrogens is 212 g/mol. The third-order valence-electron chi connectivity index (χ3n) is 1.89. The lowest BCUT2D eigenvalue weighted by atomic mass is 10.1. The molecule has 0 unspecified atom stereocenters. The molecule has 1 aromatic rings. The maximum atomic E-state index is 11.0. The minimum Gasteiger partial charge on any atom is -0.319 e. The van der Waals surface area contributed by atoms with E-state index in [0.29, 0.717) is 5.69 Å². The van der Waals surface area contributed by atoms with E-state index in [1.807, 2.05) is 25.2 Å². The van der Waals surface area contributed by atoms with Gasteiger partial charge in [0.1, 0.15) is 0 Å². The summed E-state index contributed by atoms with van der Waals surface area (Å²) in [6, 6.07) is 7.41. The van der Waals surface area contributed by atoms with E-state index in [4.69, 9.17) is 0 Å². The quantitative estimate of drug-likeness (QED) is 0.784. The molecule has 0 aliphatic heterocycles. The lowest BCUT2D eigenvalue weighted by Gasteiger charge is -2.06. The van der Waals surface area contributed by atoms with Gasteiger partial charge in [-0.2, -0.15) is 0 Å². The summed E-state index contributed by atoms with van der Waals surface area (Å²) in [5, 5.41) is 3.05. The van der Waals surface area contributed by atoms with Crippen LogP contribution in [0.25, 0.3) is 0 Å². The first kappa shape index (κ1) is 12.0. The van der Waals surface area contributed by atoms with Crippen LogP contribution in [0.1, 0.15) is 5.56 Å². The molecule has 1 aromatic carbocycles. The topological polar surface area (TPSA) is 58.2 Å². The van der Waals surface area contributed by atoms with Crippen LogP contribution in [0.15, 0.2) is 24.3 Å². The second-order valence-electron chi connectivity index (χ2n) is 3.43. The molecule has 84 valence electrons. The SMILES string of the molecule is CNCCc1cccc(NS(C)(=O)=O)c1.